The van der Waals surface area contributed by atoms with Gasteiger partial charge in [0.1, 0.15) is 12.3 Å². The topological polar surface area (TPSA) is 68.1 Å². The molecule has 2 aromatic rings. The molecule has 80 valence electrons. The highest BCUT2D eigenvalue weighted by Crippen LogP contribution is 2.25. The number of aromatic amines is 1. The van der Waals surface area contributed by atoms with E-state index in [1.165, 1.54) is 0 Å². The molecule has 2 heterocycles. The van der Waals surface area contributed by atoms with Crippen LogP contribution in [0, 0.1) is 0 Å². The maximum absolute atomic E-state index is 11.2. The Morgan fingerprint density at radius 1 is 1.31 bits per heavy atom. The van der Waals surface area contributed by atoms with Crippen molar-refractivity contribution in [3.8, 4) is 0 Å². The number of fused-ring (bicyclic) bond motifs is 1. The molecule has 1 aromatic heterocycles. The third kappa shape index (κ3) is 1.20. The second-order valence-electron chi connectivity index (χ2n) is 3.75. The first-order valence-corrected chi connectivity index (χ1v) is 4.99. The minimum absolute atomic E-state index is 0.217. The Kier molecular flexibility index (Phi) is 1.77. The summed E-state index contributed by atoms with van der Waals surface area (Å²) in [5.74, 6) is -0.427. The predicted octanol–water partition coefficient (Wildman–Crippen LogP) is 1.39. The molecular weight excluding hydrogens is 204 g/mol. The minimum Gasteiger partial charge on any atom is -0.456 e. The molecule has 1 aliphatic heterocycles. The smallest absolute Gasteiger partial charge is 0.354 e. The van der Waals surface area contributed by atoms with E-state index in [9.17, 15) is 4.79 Å². The van der Waals surface area contributed by atoms with Crippen molar-refractivity contribution in [2.75, 3.05) is 6.61 Å². The van der Waals surface area contributed by atoms with E-state index in [0.717, 1.165) is 22.0 Å². The summed E-state index contributed by atoms with van der Waals surface area (Å²) in [5.41, 5.74) is 8.66. The van der Waals surface area contributed by atoms with E-state index < -0.39 is 5.97 Å². The third-order valence-corrected chi connectivity index (χ3v) is 2.79. The lowest BCUT2D eigenvalue weighted by atomic mass is 10.0. The Bertz CT molecular complexity index is 610. The molecule has 0 fully saturated rings. The molecule has 4 heteroatoms. The van der Waals surface area contributed by atoms with Gasteiger partial charge in [-0.1, -0.05) is 6.07 Å². The number of cyclic esters (lactones) is 1. The van der Waals surface area contributed by atoms with Gasteiger partial charge in [0, 0.05) is 17.3 Å². The zero-order valence-corrected chi connectivity index (χ0v) is 8.49. The van der Waals surface area contributed by atoms with Gasteiger partial charge in [0.2, 0.25) is 0 Å². The second kappa shape index (κ2) is 3.13. The van der Waals surface area contributed by atoms with E-state index in [2.05, 4.69) is 4.98 Å². The molecule has 0 saturated heterocycles. The molecule has 0 saturated carbocycles. The quantitative estimate of drug-likeness (QED) is 0.705. The molecule has 1 aromatic carbocycles. The van der Waals surface area contributed by atoms with Crippen LogP contribution in [0.1, 0.15) is 5.56 Å². The van der Waals surface area contributed by atoms with Crippen LogP contribution in [0.15, 0.2) is 36.2 Å². The molecule has 0 amide bonds. The van der Waals surface area contributed by atoms with Crippen LogP contribution in [0.5, 0.6) is 0 Å². The first kappa shape index (κ1) is 9.03. The number of carbonyl (C=O) groups is 1. The number of benzene rings is 1. The van der Waals surface area contributed by atoms with Crippen molar-refractivity contribution in [3.05, 3.63) is 41.7 Å². The van der Waals surface area contributed by atoms with Gasteiger partial charge in [-0.25, -0.2) is 4.79 Å². The summed E-state index contributed by atoms with van der Waals surface area (Å²) in [6, 6.07) is 7.87. The number of aromatic nitrogens is 1. The van der Waals surface area contributed by atoms with E-state index >= 15 is 0 Å². The van der Waals surface area contributed by atoms with Crippen LogP contribution < -0.4 is 5.73 Å². The number of esters is 1. The van der Waals surface area contributed by atoms with E-state index in [4.69, 9.17) is 10.5 Å². The lowest BCUT2D eigenvalue weighted by Crippen LogP contribution is -2.07. The van der Waals surface area contributed by atoms with Crippen molar-refractivity contribution in [2.45, 2.75) is 0 Å². The summed E-state index contributed by atoms with van der Waals surface area (Å²) in [7, 11) is 0. The Morgan fingerprint density at radius 3 is 2.94 bits per heavy atom. The van der Waals surface area contributed by atoms with Gasteiger partial charge in [0.25, 0.3) is 0 Å². The number of nitrogens with two attached hydrogens (primary N) is 1. The normalized spacial score (nSPS) is 15.9. The Labute approximate surface area is 91.7 Å². The van der Waals surface area contributed by atoms with Crippen molar-refractivity contribution in [1.29, 1.82) is 0 Å². The van der Waals surface area contributed by atoms with Crippen molar-refractivity contribution < 1.29 is 9.53 Å². The zero-order valence-electron chi connectivity index (χ0n) is 8.49. The van der Waals surface area contributed by atoms with Crippen LogP contribution in [-0.2, 0) is 9.53 Å². The predicted molar refractivity (Wildman–Crippen MR) is 60.4 cm³/mol. The summed E-state index contributed by atoms with van der Waals surface area (Å²) in [4.78, 5) is 14.3. The highest BCUT2D eigenvalue weighted by molar-refractivity contribution is 6.01. The fourth-order valence-corrected chi connectivity index (χ4v) is 1.90. The summed E-state index contributed by atoms with van der Waals surface area (Å²) in [6.07, 6.45) is 1.88. The molecule has 1 aliphatic rings. The van der Waals surface area contributed by atoms with Gasteiger partial charge in [-0.2, -0.15) is 0 Å². The second-order valence-corrected chi connectivity index (χ2v) is 3.75. The van der Waals surface area contributed by atoms with Gasteiger partial charge in [0.15, 0.2) is 0 Å². The zero-order chi connectivity index (χ0) is 11.1. The van der Waals surface area contributed by atoms with Crippen molar-refractivity contribution in [2.24, 2.45) is 5.73 Å². The maximum atomic E-state index is 11.2. The molecule has 0 unspecified atom stereocenters. The van der Waals surface area contributed by atoms with Crippen molar-refractivity contribution in [1.82, 2.24) is 4.98 Å². The van der Waals surface area contributed by atoms with Gasteiger partial charge in [-0.3, -0.25) is 0 Å². The molecule has 0 bridgehead atoms. The van der Waals surface area contributed by atoms with E-state index in [1.807, 2.05) is 30.5 Å². The number of H-pyrrole nitrogens is 1. The fourth-order valence-electron chi connectivity index (χ4n) is 1.90. The lowest BCUT2D eigenvalue weighted by Gasteiger charge is -2.01. The fraction of sp³-hybridized carbons (Fsp3) is 0.0833. The van der Waals surface area contributed by atoms with Gasteiger partial charge in [0.05, 0.1) is 0 Å². The third-order valence-electron chi connectivity index (χ3n) is 2.79. The average Bonchev–Trinajstić information content (AvgIpc) is 2.86. The van der Waals surface area contributed by atoms with Crippen LogP contribution in [-0.4, -0.2) is 17.6 Å². The number of carbonyl (C=O) groups excluding carboxylic acids is 1. The van der Waals surface area contributed by atoms with E-state index in [0.29, 0.717) is 0 Å². The van der Waals surface area contributed by atoms with Gasteiger partial charge < -0.3 is 15.5 Å². The Balaban J connectivity index is 2.16. The SMILES string of the molecule is NC1=C(c2ccc3[nH]ccc3c2)COC1=O. The number of hydrogen-bond acceptors (Lipinski definition) is 3. The molecule has 0 radical (unpaired) electrons. The summed E-state index contributed by atoms with van der Waals surface area (Å²) in [5, 5.41) is 1.09. The number of nitrogens with one attached hydrogen (secondary N) is 1. The van der Waals surface area contributed by atoms with Crippen LogP contribution in [0.25, 0.3) is 16.5 Å². The summed E-state index contributed by atoms with van der Waals surface area (Å²) < 4.78 is 4.88. The molecule has 4 nitrogen and oxygen atoms in total. The highest BCUT2D eigenvalue weighted by atomic mass is 16.5. The summed E-state index contributed by atoms with van der Waals surface area (Å²) in [6.45, 7) is 0.264. The molecule has 3 rings (SSSR count). The van der Waals surface area contributed by atoms with E-state index in [-0.39, 0.29) is 12.3 Å². The largest absolute Gasteiger partial charge is 0.456 e. The molecular formula is C12H10N2O2. The van der Waals surface area contributed by atoms with Crippen molar-refractivity contribution in [3.63, 3.8) is 0 Å². The van der Waals surface area contributed by atoms with Crippen LogP contribution >= 0.6 is 0 Å². The van der Waals surface area contributed by atoms with Crippen molar-refractivity contribution >= 4 is 22.4 Å². The molecule has 16 heavy (non-hydrogen) atoms. The minimum atomic E-state index is -0.427. The Hall–Kier alpha value is -2.23. The van der Waals surface area contributed by atoms with Gasteiger partial charge in [-0.15, -0.1) is 0 Å². The van der Waals surface area contributed by atoms with Crippen LogP contribution in [0.4, 0.5) is 0 Å². The van der Waals surface area contributed by atoms with Crippen LogP contribution in [0.2, 0.25) is 0 Å². The van der Waals surface area contributed by atoms with E-state index in [1.54, 1.807) is 0 Å². The number of rotatable bonds is 1. The maximum Gasteiger partial charge on any atom is 0.354 e. The number of hydrogen-bond donors (Lipinski definition) is 2. The molecule has 0 aliphatic carbocycles. The molecule has 3 N–H and O–H groups in total. The Morgan fingerprint density at radius 2 is 2.19 bits per heavy atom. The standard InChI is InChI=1S/C12H10N2O2/c13-11-9(6-16-12(11)15)7-1-2-10-8(5-7)3-4-14-10/h1-5,14H,6,13H2. The average molecular weight is 214 g/mol. The molecule has 0 atom stereocenters. The summed E-state index contributed by atoms with van der Waals surface area (Å²) >= 11 is 0. The first-order chi connectivity index (χ1) is 7.75. The van der Waals surface area contributed by atoms with Gasteiger partial charge in [-0.05, 0) is 29.1 Å². The monoisotopic (exact) mass is 214 g/mol. The van der Waals surface area contributed by atoms with Gasteiger partial charge >= 0.3 is 5.97 Å². The highest BCUT2D eigenvalue weighted by Gasteiger charge is 2.23. The lowest BCUT2D eigenvalue weighted by molar-refractivity contribution is -0.135. The van der Waals surface area contributed by atoms with Crippen LogP contribution in [0.3, 0.4) is 0 Å². The number of ether oxygens (including phenoxy) is 1. The first-order valence-electron chi connectivity index (χ1n) is 4.99. The molecule has 0 spiro atoms.